The van der Waals surface area contributed by atoms with Gasteiger partial charge < -0.3 is 4.98 Å². The number of halogens is 1. The van der Waals surface area contributed by atoms with E-state index in [1.54, 1.807) is 6.07 Å². The summed E-state index contributed by atoms with van der Waals surface area (Å²) in [6.07, 6.45) is 1.08. The highest BCUT2D eigenvalue weighted by Gasteiger charge is 2.15. The number of nitriles is 1. The maximum absolute atomic E-state index is 12.2. The van der Waals surface area contributed by atoms with Crippen molar-refractivity contribution in [2.75, 3.05) is 0 Å². The summed E-state index contributed by atoms with van der Waals surface area (Å²) in [7, 11) is 0. The van der Waals surface area contributed by atoms with Crippen LogP contribution in [0.15, 0.2) is 38.5 Å². The van der Waals surface area contributed by atoms with Crippen LogP contribution < -0.4 is 11.2 Å². The van der Waals surface area contributed by atoms with Crippen molar-refractivity contribution >= 4 is 21.7 Å². The van der Waals surface area contributed by atoms with E-state index in [4.69, 9.17) is 5.26 Å². The summed E-state index contributed by atoms with van der Waals surface area (Å²) in [6, 6.07) is 6.46. The standard InChI is InChI=1S/C13H8BrN3O3/c1-7(18)10-6-16-13(20)17(12(10)19)11-3-2-9(14)4-8(11)5-15/h2-4,6H,1H3,(H,16,20). The molecule has 20 heavy (non-hydrogen) atoms. The monoisotopic (exact) mass is 333 g/mol. The Morgan fingerprint density at radius 2 is 2.10 bits per heavy atom. The lowest BCUT2D eigenvalue weighted by Gasteiger charge is -2.07. The molecule has 6 nitrogen and oxygen atoms in total. The molecule has 1 aromatic heterocycles. The summed E-state index contributed by atoms with van der Waals surface area (Å²) in [5, 5.41) is 9.10. The van der Waals surface area contributed by atoms with Crippen LogP contribution in [-0.2, 0) is 0 Å². The van der Waals surface area contributed by atoms with Gasteiger partial charge in [0.1, 0.15) is 6.07 Å². The second kappa shape index (κ2) is 5.27. The van der Waals surface area contributed by atoms with Gasteiger partial charge in [-0.15, -0.1) is 0 Å². The number of aromatic amines is 1. The number of hydrogen-bond acceptors (Lipinski definition) is 4. The number of nitrogens with one attached hydrogen (secondary N) is 1. The molecule has 0 unspecified atom stereocenters. The van der Waals surface area contributed by atoms with Crippen LogP contribution in [0.5, 0.6) is 0 Å². The fourth-order valence-corrected chi connectivity index (χ4v) is 2.10. The SMILES string of the molecule is CC(=O)c1c[nH]c(=O)n(-c2ccc(Br)cc2C#N)c1=O. The van der Waals surface area contributed by atoms with Crippen molar-refractivity contribution in [3.05, 3.63) is 60.8 Å². The molecule has 0 spiro atoms. The van der Waals surface area contributed by atoms with Gasteiger partial charge in [-0.3, -0.25) is 9.59 Å². The lowest BCUT2D eigenvalue weighted by molar-refractivity contribution is 0.101. The highest BCUT2D eigenvalue weighted by molar-refractivity contribution is 9.10. The second-order valence-corrected chi connectivity index (χ2v) is 4.89. The molecule has 1 N–H and O–H groups in total. The second-order valence-electron chi connectivity index (χ2n) is 3.98. The first-order chi connectivity index (χ1) is 9.45. The lowest BCUT2D eigenvalue weighted by Crippen LogP contribution is -2.36. The Hall–Kier alpha value is -2.46. The molecular weight excluding hydrogens is 326 g/mol. The molecule has 1 aromatic carbocycles. The summed E-state index contributed by atoms with van der Waals surface area (Å²) in [6.45, 7) is 1.23. The van der Waals surface area contributed by atoms with Crippen molar-refractivity contribution in [3.8, 4) is 11.8 Å². The van der Waals surface area contributed by atoms with Gasteiger partial charge in [-0.25, -0.2) is 9.36 Å². The van der Waals surface area contributed by atoms with E-state index in [9.17, 15) is 14.4 Å². The number of rotatable bonds is 2. The van der Waals surface area contributed by atoms with Crippen molar-refractivity contribution in [1.82, 2.24) is 9.55 Å². The smallest absolute Gasteiger partial charge is 0.313 e. The number of Topliss-reactive ketones (excluding diaryl/α,β-unsaturated/α-hetero) is 1. The predicted octanol–water partition coefficient (Wildman–Crippen LogP) is 1.36. The van der Waals surface area contributed by atoms with Crippen LogP contribution in [0.25, 0.3) is 5.69 Å². The zero-order chi connectivity index (χ0) is 14.9. The number of ketones is 1. The van der Waals surface area contributed by atoms with Gasteiger partial charge in [0, 0.05) is 10.7 Å². The molecule has 0 aliphatic rings. The largest absolute Gasteiger partial charge is 0.333 e. The maximum Gasteiger partial charge on any atom is 0.333 e. The molecule has 0 atom stereocenters. The van der Waals surface area contributed by atoms with Gasteiger partial charge in [-0.05, 0) is 25.1 Å². The number of carbonyl (C=O) groups is 1. The molecular formula is C13H8BrN3O3. The van der Waals surface area contributed by atoms with E-state index in [-0.39, 0.29) is 16.8 Å². The molecule has 7 heteroatoms. The third kappa shape index (κ3) is 2.33. The lowest BCUT2D eigenvalue weighted by atomic mass is 10.2. The minimum absolute atomic E-state index is 0.130. The molecule has 2 rings (SSSR count). The van der Waals surface area contributed by atoms with Gasteiger partial charge in [0.25, 0.3) is 5.56 Å². The maximum atomic E-state index is 12.2. The Morgan fingerprint density at radius 1 is 1.40 bits per heavy atom. The molecule has 0 aliphatic carbocycles. The van der Waals surface area contributed by atoms with Crippen molar-refractivity contribution in [2.45, 2.75) is 6.92 Å². The molecule has 0 saturated carbocycles. The number of H-pyrrole nitrogens is 1. The molecule has 2 aromatic rings. The predicted molar refractivity (Wildman–Crippen MR) is 75.1 cm³/mol. The molecule has 100 valence electrons. The third-order valence-electron chi connectivity index (χ3n) is 2.68. The first kappa shape index (κ1) is 14.0. The zero-order valence-corrected chi connectivity index (χ0v) is 11.9. The molecule has 0 saturated heterocycles. The average Bonchev–Trinajstić information content (AvgIpc) is 2.39. The summed E-state index contributed by atoms with van der Waals surface area (Å²) in [5.41, 5.74) is -1.33. The minimum Gasteiger partial charge on any atom is -0.313 e. The Kier molecular flexibility index (Phi) is 3.68. The van der Waals surface area contributed by atoms with E-state index in [0.717, 1.165) is 10.8 Å². The number of carbonyl (C=O) groups excluding carboxylic acids is 1. The fourth-order valence-electron chi connectivity index (χ4n) is 1.74. The van der Waals surface area contributed by atoms with Gasteiger partial charge in [0.05, 0.1) is 16.8 Å². The Labute approximate surface area is 121 Å². The summed E-state index contributed by atoms with van der Waals surface area (Å²) in [5.74, 6) is -0.462. The van der Waals surface area contributed by atoms with Crippen molar-refractivity contribution < 1.29 is 4.79 Å². The Bertz CT molecular complexity index is 858. The fraction of sp³-hybridized carbons (Fsp3) is 0.0769. The van der Waals surface area contributed by atoms with Crippen LogP contribution in [0.2, 0.25) is 0 Å². The molecule has 0 radical (unpaired) electrons. The van der Waals surface area contributed by atoms with Gasteiger partial charge in [-0.2, -0.15) is 5.26 Å². The molecule has 1 heterocycles. The van der Waals surface area contributed by atoms with Crippen LogP contribution >= 0.6 is 15.9 Å². The van der Waals surface area contributed by atoms with Crippen LogP contribution in [0.1, 0.15) is 22.8 Å². The van der Waals surface area contributed by atoms with E-state index in [0.29, 0.717) is 4.47 Å². The first-order valence-corrected chi connectivity index (χ1v) is 6.30. The summed E-state index contributed by atoms with van der Waals surface area (Å²) >= 11 is 3.21. The van der Waals surface area contributed by atoms with Gasteiger partial charge in [0.15, 0.2) is 5.78 Å². The highest BCUT2D eigenvalue weighted by atomic mass is 79.9. The highest BCUT2D eigenvalue weighted by Crippen LogP contribution is 2.17. The molecule has 0 aliphatic heterocycles. The van der Waals surface area contributed by atoms with E-state index in [1.165, 1.54) is 19.1 Å². The molecule has 0 fully saturated rings. The van der Waals surface area contributed by atoms with Crippen LogP contribution in [0, 0.1) is 11.3 Å². The number of aromatic nitrogens is 2. The van der Waals surface area contributed by atoms with E-state index >= 15 is 0 Å². The average molecular weight is 334 g/mol. The topological polar surface area (TPSA) is 95.7 Å². The van der Waals surface area contributed by atoms with Gasteiger partial charge >= 0.3 is 5.69 Å². The first-order valence-electron chi connectivity index (χ1n) is 5.51. The number of nitrogens with zero attached hydrogens (tertiary/aromatic N) is 2. The Balaban J connectivity index is 2.87. The summed E-state index contributed by atoms with van der Waals surface area (Å²) < 4.78 is 1.42. The van der Waals surface area contributed by atoms with Crippen molar-refractivity contribution in [1.29, 1.82) is 5.26 Å². The van der Waals surface area contributed by atoms with Crippen molar-refractivity contribution in [2.24, 2.45) is 0 Å². The minimum atomic E-state index is -0.750. The van der Waals surface area contributed by atoms with E-state index in [2.05, 4.69) is 20.9 Å². The number of benzene rings is 1. The van der Waals surface area contributed by atoms with Crippen molar-refractivity contribution in [3.63, 3.8) is 0 Å². The Morgan fingerprint density at radius 3 is 2.70 bits per heavy atom. The van der Waals surface area contributed by atoms with Gasteiger partial charge in [0.2, 0.25) is 0 Å². The molecule has 0 amide bonds. The number of hydrogen-bond donors (Lipinski definition) is 1. The normalized spacial score (nSPS) is 10.1. The van der Waals surface area contributed by atoms with Crippen LogP contribution in [-0.4, -0.2) is 15.3 Å². The summed E-state index contributed by atoms with van der Waals surface area (Å²) in [4.78, 5) is 37.7. The molecule has 0 bridgehead atoms. The van der Waals surface area contributed by atoms with Gasteiger partial charge in [-0.1, -0.05) is 15.9 Å². The van der Waals surface area contributed by atoms with E-state index < -0.39 is 17.0 Å². The zero-order valence-electron chi connectivity index (χ0n) is 10.3. The van der Waals surface area contributed by atoms with Crippen LogP contribution in [0.3, 0.4) is 0 Å². The van der Waals surface area contributed by atoms with E-state index in [1.807, 2.05) is 6.07 Å². The quantitative estimate of drug-likeness (QED) is 0.839. The van der Waals surface area contributed by atoms with Crippen LogP contribution in [0.4, 0.5) is 0 Å². The third-order valence-corrected chi connectivity index (χ3v) is 3.17.